The van der Waals surface area contributed by atoms with Crippen molar-refractivity contribution in [1.82, 2.24) is 25.6 Å². The van der Waals surface area contributed by atoms with Crippen molar-refractivity contribution in [2.75, 3.05) is 0 Å². The second-order valence-corrected chi connectivity index (χ2v) is 3.79. The van der Waals surface area contributed by atoms with Crippen LogP contribution in [-0.2, 0) is 11.2 Å². The highest BCUT2D eigenvalue weighted by molar-refractivity contribution is 9.10. The van der Waals surface area contributed by atoms with E-state index in [2.05, 4.69) is 41.5 Å². The summed E-state index contributed by atoms with van der Waals surface area (Å²) >= 11 is 3.29. The van der Waals surface area contributed by atoms with Crippen LogP contribution >= 0.6 is 15.9 Å². The number of nitrogens with one attached hydrogen (secondary N) is 1. The van der Waals surface area contributed by atoms with Crippen molar-refractivity contribution in [2.45, 2.75) is 13.3 Å². The molecule has 8 heteroatoms. The first-order valence-electron chi connectivity index (χ1n) is 4.61. The maximum absolute atomic E-state index is 9.00. The number of aromatic amines is 1. The predicted molar refractivity (Wildman–Crippen MR) is 62.2 cm³/mol. The van der Waals surface area contributed by atoms with Gasteiger partial charge in [0.2, 0.25) is 0 Å². The van der Waals surface area contributed by atoms with Crippen LogP contribution in [0.2, 0.25) is 0 Å². The van der Waals surface area contributed by atoms with Gasteiger partial charge in [0.25, 0.3) is 5.97 Å². The summed E-state index contributed by atoms with van der Waals surface area (Å²) in [5.74, 6) is -0.189. The summed E-state index contributed by atoms with van der Waals surface area (Å²) in [7, 11) is 0. The van der Waals surface area contributed by atoms with E-state index in [-0.39, 0.29) is 0 Å². The highest BCUT2D eigenvalue weighted by atomic mass is 79.9. The van der Waals surface area contributed by atoms with Crippen molar-refractivity contribution in [3.8, 4) is 0 Å². The van der Waals surface area contributed by atoms with Crippen LogP contribution in [0.3, 0.4) is 0 Å². The van der Waals surface area contributed by atoms with Crippen molar-refractivity contribution in [3.05, 3.63) is 34.3 Å². The van der Waals surface area contributed by atoms with E-state index in [1.807, 2.05) is 18.2 Å². The fourth-order valence-electron chi connectivity index (χ4n) is 0.968. The molecule has 90 valence electrons. The number of carboxylic acids is 1. The summed E-state index contributed by atoms with van der Waals surface area (Å²) < 4.78 is 0.813. The van der Waals surface area contributed by atoms with Crippen molar-refractivity contribution in [1.29, 1.82) is 0 Å². The molecule has 0 fully saturated rings. The van der Waals surface area contributed by atoms with Crippen LogP contribution in [0.5, 0.6) is 0 Å². The average molecular weight is 300 g/mol. The van der Waals surface area contributed by atoms with E-state index in [9.17, 15) is 0 Å². The molecule has 0 unspecified atom stereocenters. The summed E-state index contributed by atoms with van der Waals surface area (Å²) in [6.07, 6.45) is 0.593. The second-order valence-electron chi connectivity index (χ2n) is 2.98. The number of rotatable bonds is 2. The number of hydrogen-bond acceptors (Lipinski definition) is 5. The zero-order chi connectivity index (χ0) is 12.7. The maximum atomic E-state index is 9.00. The van der Waals surface area contributed by atoms with Crippen LogP contribution in [0.25, 0.3) is 0 Å². The molecule has 17 heavy (non-hydrogen) atoms. The van der Waals surface area contributed by atoms with Crippen molar-refractivity contribution in [3.63, 3.8) is 0 Å². The van der Waals surface area contributed by atoms with Gasteiger partial charge < -0.3 is 5.11 Å². The lowest BCUT2D eigenvalue weighted by Gasteiger charge is -1.95. The third-order valence-electron chi connectivity index (χ3n) is 1.50. The third kappa shape index (κ3) is 5.71. The lowest BCUT2D eigenvalue weighted by molar-refractivity contribution is -0.134. The molecule has 2 heterocycles. The standard InChI is InChI=1S/C7H6BrN5.C2H4O2/c8-6-3-1-2-5(9-6)4-7-10-12-13-11-7;1-2(3)4/h1-3H,4H2,(H,10,11,12,13);1H3,(H,3,4). The van der Waals surface area contributed by atoms with Gasteiger partial charge in [-0.05, 0) is 28.1 Å². The summed E-state index contributed by atoms with van der Waals surface area (Å²) in [4.78, 5) is 13.2. The van der Waals surface area contributed by atoms with E-state index < -0.39 is 5.97 Å². The Kier molecular flexibility index (Phi) is 5.21. The number of nitrogens with zero attached hydrogens (tertiary/aromatic N) is 4. The van der Waals surface area contributed by atoms with E-state index >= 15 is 0 Å². The highest BCUT2D eigenvalue weighted by Gasteiger charge is 2.01. The van der Waals surface area contributed by atoms with Crippen LogP contribution in [-0.4, -0.2) is 36.7 Å². The number of tetrazole rings is 1. The molecule has 0 aliphatic carbocycles. The van der Waals surface area contributed by atoms with Gasteiger partial charge in [0, 0.05) is 12.6 Å². The number of aromatic nitrogens is 5. The smallest absolute Gasteiger partial charge is 0.300 e. The molecule has 0 atom stereocenters. The summed E-state index contributed by atoms with van der Waals surface area (Å²) in [5, 5.41) is 21.0. The zero-order valence-electron chi connectivity index (χ0n) is 8.96. The Bertz CT molecular complexity index is 470. The van der Waals surface area contributed by atoms with Crippen molar-refractivity contribution < 1.29 is 9.90 Å². The molecular formula is C9H10BrN5O2. The van der Waals surface area contributed by atoms with Gasteiger partial charge in [0.05, 0.1) is 6.42 Å². The second kappa shape index (κ2) is 6.69. The third-order valence-corrected chi connectivity index (χ3v) is 1.94. The molecule has 0 aliphatic rings. The van der Waals surface area contributed by atoms with Crippen LogP contribution in [0.1, 0.15) is 18.4 Å². The zero-order valence-corrected chi connectivity index (χ0v) is 10.5. The summed E-state index contributed by atoms with van der Waals surface area (Å²) in [6.45, 7) is 1.08. The molecule has 0 amide bonds. The molecule has 2 rings (SSSR count). The number of H-pyrrole nitrogens is 1. The number of aliphatic carboxylic acids is 1. The molecule has 2 aromatic heterocycles. The Morgan fingerprint density at radius 2 is 2.24 bits per heavy atom. The van der Waals surface area contributed by atoms with E-state index in [1.54, 1.807) is 0 Å². The van der Waals surface area contributed by atoms with Crippen LogP contribution in [0.15, 0.2) is 22.8 Å². The van der Waals surface area contributed by atoms with Gasteiger partial charge in [-0.1, -0.05) is 11.3 Å². The fourth-order valence-corrected chi connectivity index (χ4v) is 1.35. The molecular weight excluding hydrogens is 290 g/mol. The van der Waals surface area contributed by atoms with Gasteiger partial charge in [0.15, 0.2) is 5.82 Å². The monoisotopic (exact) mass is 299 g/mol. The number of carbonyl (C=O) groups is 1. The van der Waals surface area contributed by atoms with Crippen LogP contribution < -0.4 is 0 Å². The number of halogens is 1. The Morgan fingerprint density at radius 1 is 1.53 bits per heavy atom. The van der Waals surface area contributed by atoms with Gasteiger partial charge >= 0.3 is 0 Å². The van der Waals surface area contributed by atoms with Crippen LogP contribution in [0.4, 0.5) is 0 Å². The normalized spacial score (nSPS) is 9.29. The van der Waals surface area contributed by atoms with E-state index in [0.29, 0.717) is 12.2 Å². The maximum Gasteiger partial charge on any atom is 0.300 e. The Labute approximate surface area is 105 Å². The minimum absolute atomic E-state index is 0.593. The first kappa shape index (κ1) is 13.2. The Hall–Kier alpha value is -1.83. The fraction of sp³-hybridized carbons (Fsp3) is 0.222. The quantitative estimate of drug-likeness (QED) is 0.803. The molecule has 0 saturated carbocycles. The van der Waals surface area contributed by atoms with Crippen LogP contribution in [0, 0.1) is 0 Å². The molecule has 0 spiro atoms. The minimum atomic E-state index is -0.833. The Morgan fingerprint density at radius 3 is 2.76 bits per heavy atom. The van der Waals surface area contributed by atoms with Gasteiger partial charge in [-0.2, -0.15) is 5.21 Å². The van der Waals surface area contributed by atoms with E-state index in [4.69, 9.17) is 9.90 Å². The lowest BCUT2D eigenvalue weighted by atomic mass is 10.3. The molecule has 7 nitrogen and oxygen atoms in total. The molecule has 0 aliphatic heterocycles. The molecule has 2 N–H and O–H groups in total. The Balaban J connectivity index is 0.000000317. The first-order chi connectivity index (χ1) is 8.08. The molecule has 2 aromatic rings. The average Bonchev–Trinajstić information content (AvgIpc) is 2.69. The molecule has 0 radical (unpaired) electrons. The van der Waals surface area contributed by atoms with Gasteiger partial charge in [-0.25, -0.2) is 4.98 Å². The summed E-state index contributed by atoms with van der Waals surface area (Å²) in [6, 6.07) is 5.72. The van der Waals surface area contributed by atoms with Crippen molar-refractivity contribution in [2.24, 2.45) is 0 Å². The first-order valence-corrected chi connectivity index (χ1v) is 5.40. The van der Waals surface area contributed by atoms with Crippen molar-refractivity contribution >= 4 is 21.9 Å². The number of pyridine rings is 1. The highest BCUT2D eigenvalue weighted by Crippen LogP contribution is 2.07. The van der Waals surface area contributed by atoms with E-state index in [0.717, 1.165) is 17.2 Å². The molecule has 0 aromatic carbocycles. The number of hydrogen-bond donors (Lipinski definition) is 2. The largest absolute Gasteiger partial charge is 0.481 e. The molecule has 0 saturated heterocycles. The summed E-state index contributed by atoms with van der Waals surface area (Å²) in [5.41, 5.74) is 0.913. The topological polar surface area (TPSA) is 105 Å². The minimum Gasteiger partial charge on any atom is -0.481 e. The van der Waals surface area contributed by atoms with E-state index in [1.165, 1.54) is 0 Å². The SMILES string of the molecule is Brc1cccc(Cc2nn[nH]n2)n1.CC(=O)O. The number of carboxylic acid groups (broad SMARTS) is 1. The van der Waals surface area contributed by atoms with Gasteiger partial charge in [-0.3, -0.25) is 4.79 Å². The predicted octanol–water partition coefficient (Wildman–Crippen LogP) is 1.04. The van der Waals surface area contributed by atoms with Gasteiger partial charge in [0.1, 0.15) is 4.60 Å². The van der Waals surface area contributed by atoms with Gasteiger partial charge in [-0.15, -0.1) is 10.2 Å². The lowest BCUT2D eigenvalue weighted by Crippen LogP contribution is -1.94. The molecule has 0 bridgehead atoms.